The van der Waals surface area contributed by atoms with Crippen LogP contribution in [0.2, 0.25) is 0 Å². The van der Waals surface area contributed by atoms with Crippen molar-refractivity contribution in [1.82, 2.24) is 9.55 Å². The molecule has 2 aliphatic carbocycles. The number of ether oxygens (including phenoxy) is 1. The molecular weight excluding hydrogens is 693 g/mol. The van der Waals surface area contributed by atoms with E-state index in [1.807, 2.05) is 27.7 Å². The number of ketones is 1. The maximum atomic E-state index is 13.3. The number of carboxylic acid groups (broad SMARTS) is 1. The Kier molecular flexibility index (Phi) is 11.2. The number of aromatic nitrogens is 2. The van der Waals surface area contributed by atoms with Gasteiger partial charge in [-0.1, -0.05) is 24.3 Å². The topological polar surface area (TPSA) is 207 Å². The van der Waals surface area contributed by atoms with Crippen LogP contribution in [-0.4, -0.2) is 55.6 Å². The number of aryl methyl sites for hydroxylation is 1. The summed E-state index contributed by atoms with van der Waals surface area (Å²) in [5.74, 6) is -1.01. The molecule has 5 atom stereocenters. The third kappa shape index (κ3) is 7.16. The maximum Gasteiger partial charge on any atom is 0.328 e. The van der Waals surface area contributed by atoms with E-state index in [4.69, 9.17) is 14.1 Å². The van der Waals surface area contributed by atoms with Crippen molar-refractivity contribution < 1.29 is 38.1 Å². The molecule has 1 aromatic heterocycles. The Balaban J connectivity index is 1.61. The SMILES string of the molecule is Cc1c[nH]c(=O)n([C@@H]2C[C@H](CC(C)(OC(=O)[O-])c3cc4c(cc3[N+](=O)[O-])C(=O)c3ccccc3-4)[C@H](OP[N+](OCCC#N)(C(C)C)C(C)C)C2)c1=O. The minimum absolute atomic E-state index is 0.0388. The van der Waals surface area contributed by atoms with Crippen LogP contribution in [0.3, 0.4) is 0 Å². The normalized spacial score (nSPS) is 19.5. The first-order valence-corrected chi connectivity index (χ1v) is 17.9. The van der Waals surface area contributed by atoms with Crippen molar-refractivity contribution in [2.45, 2.75) is 97.1 Å². The summed E-state index contributed by atoms with van der Waals surface area (Å²) in [6.07, 6.45) is -0.968. The van der Waals surface area contributed by atoms with Crippen LogP contribution in [0.5, 0.6) is 0 Å². The van der Waals surface area contributed by atoms with Crippen LogP contribution >= 0.6 is 8.96 Å². The number of nitriles is 1. The zero-order chi connectivity index (χ0) is 38.1. The molecule has 5 rings (SSSR count). The molecule has 0 amide bonds. The lowest BCUT2D eigenvalue weighted by Gasteiger charge is -2.42. The van der Waals surface area contributed by atoms with Crippen LogP contribution < -0.4 is 16.4 Å². The molecule has 2 unspecified atom stereocenters. The van der Waals surface area contributed by atoms with Crippen LogP contribution in [0.15, 0.2) is 52.2 Å². The van der Waals surface area contributed by atoms with Crippen molar-refractivity contribution in [3.05, 3.63) is 95.8 Å². The summed E-state index contributed by atoms with van der Waals surface area (Å²) in [4.78, 5) is 72.6. The van der Waals surface area contributed by atoms with Crippen molar-refractivity contribution in [1.29, 1.82) is 5.26 Å². The molecule has 0 aliphatic heterocycles. The highest BCUT2D eigenvalue weighted by Crippen LogP contribution is 2.51. The summed E-state index contributed by atoms with van der Waals surface area (Å²) >= 11 is 0. The standard InChI is InChI=1S/C36H42N5O10P/c1-20(2)41(21(3)4,49-13-9-12-37)52-51-31-15-24(39-33(43)22(5)19-38-34(39)44)14-23(31)18-36(6,50-35(45)46)29-16-27-25-10-7-8-11-26(25)32(42)28(27)17-30(29)40(47)48/h7-8,10-11,16-17,19-21,23-24,31,52H,9,13-15,18H2,1-6H3,(H-,38,43,44,45,46)/t23-,24-,31-,36?/m1/s1. The summed E-state index contributed by atoms with van der Waals surface area (Å²) in [6, 6.07) is 10.5. The second-order valence-corrected chi connectivity index (χ2v) is 15.2. The number of H-pyrrole nitrogens is 1. The molecule has 0 bridgehead atoms. The van der Waals surface area contributed by atoms with E-state index in [1.165, 1.54) is 19.2 Å². The number of hydroxylamine groups is 2. The van der Waals surface area contributed by atoms with Gasteiger partial charge < -0.3 is 24.1 Å². The van der Waals surface area contributed by atoms with Gasteiger partial charge in [0.1, 0.15) is 18.7 Å². The van der Waals surface area contributed by atoms with Crippen LogP contribution in [0.1, 0.15) is 93.4 Å². The van der Waals surface area contributed by atoms with Gasteiger partial charge in [0.15, 0.2) is 5.78 Å². The van der Waals surface area contributed by atoms with Gasteiger partial charge in [-0.05, 0) is 83.9 Å². The van der Waals surface area contributed by atoms with E-state index in [0.29, 0.717) is 22.3 Å². The molecule has 0 spiro atoms. The van der Waals surface area contributed by atoms with Gasteiger partial charge in [-0.25, -0.2) is 4.79 Å². The first kappa shape index (κ1) is 38.5. The Morgan fingerprint density at radius 1 is 1.12 bits per heavy atom. The Morgan fingerprint density at radius 3 is 2.40 bits per heavy atom. The Hall–Kier alpha value is -4.74. The van der Waals surface area contributed by atoms with Crippen LogP contribution in [0, 0.1) is 34.3 Å². The predicted molar refractivity (Wildman–Crippen MR) is 188 cm³/mol. The van der Waals surface area contributed by atoms with Crippen LogP contribution in [0.4, 0.5) is 10.5 Å². The molecule has 0 radical (unpaired) electrons. The number of fused-ring (bicyclic) bond motifs is 3. The van der Waals surface area contributed by atoms with Crippen LogP contribution in [-0.2, 0) is 19.7 Å². The van der Waals surface area contributed by atoms with Gasteiger partial charge in [0.25, 0.3) is 26.4 Å². The second kappa shape index (κ2) is 15.1. The highest BCUT2D eigenvalue weighted by atomic mass is 31.1. The van der Waals surface area contributed by atoms with Crippen molar-refractivity contribution >= 4 is 26.6 Å². The van der Waals surface area contributed by atoms with Gasteiger partial charge in [0, 0.05) is 35.0 Å². The molecule has 276 valence electrons. The smallest absolute Gasteiger partial charge is 0.328 e. The number of nitrogens with zero attached hydrogens (tertiary/aromatic N) is 4. The number of nitro benzene ring substituents is 1. The number of aromatic amines is 1. The fourth-order valence-corrected chi connectivity index (χ4v) is 8.75. The van der Waals surface area contributed by atoms with Crippen molar-refractivity contribution in [2.75, 3.05) is 6.61 Å². The lowest BCUT2D eigenvalue weighted by molar-refractivity contribution is -1.04. The molecule has 2 aromatic carbocycles. The highest BCUT2D eigenvalue weighted by molar-refractivity contribution is 7.25. The maximum absolute atomic E-state index is 13.3. The first-order chi connectivity index (χ1) is 24.5. The molecular formula is C36H42N5O10P. The average Bonchev–Trinajstić information content (AvgIpc) is 3.60. The van der Waals surface area contributed by atoms with Crippen LogP contribution in [0.25, 0.3) is 11.1 Å². The van der Waals surface area contributed by atoms with Gasteiger partial charge in [-0.15, -0.1) is 4.42 Å². The average molecular weight is 736 g/mol. The highest BCUT2D eigenvalue weighted by Gasteiger charge is 2.47. The summed E-state index contributed by atoms with van der Waals surface area (Å²) in [6.45, 7) is 11.0. The number of benzene rings is 2. The summed E-state index contributed by atoms with van der Waals surface area (Å²) in [5, 5.41) is 34.0. The molecule has 52 heavy (non-hydrogen) atoms. The molecule has 0 saturated heterocycles. The Bertz CT molecular complexity index is 2050. The molecule has 15 nitrogen and oxygen atoms in total. The summed E-state index contributed by atoms with van der Waals surface area (Å²) < 4.78 is 13.3. The number of rotatable bonds is 14. The third-order valence-corrected chi connectivity index (χ3v) is 12.0. The van der Waals surface area contributed by atoms with E-state index in [9.17, 15) is 39.7 Å². The van der Waals surface area contributed by atoms with E-state index in [-0.39, 0.29) is 68.9 Å². The minimum atomic E-state index is -1.92. The lowest BCUT2D eigenvalue weighted by atomic mass is 9.82. The Morgan fingerprint density at radius 2 is 1.79 bits per heavy atom. The van der Waals surface area contributed by atoms with Gasteiger partial charge >= 0.3 is 5.69 Å². The minimum Gasteiger partial charge on any atom is -0.538 e. The number of nitro groups is 1. The molecule has 1 fully saturated rings. The predicted octanol–water partition coefficient (Wildman–Crippen LogP) is 4.95. The zero-order valence-corrected chi connectivity index (χ0v) is 30.8. The summed E-state index contributed by atoms with van der Waals surface area (Å²) in [5.41, 5.74) is -1.88. The summed E-state index contributed by atoms with van der Waals surface area (Å²) in [7, 11) is -0.334. The van der Waals surface area contributed by atoms with E-state index in [0.717, 1.165) is 10.6 Å². The fourth-order valence-electron chi connectivity index (χ4n) is 7.59. The molecule has 1 saturated carbocycles. The lowest BCUT2D eigenvalue weighted by Crippen LogP contribution is -2.51. The molecule has 1 heterocycles. The van der Waals surface area contributed by atoms with Gasteiger partial charge in [-0.3, -0.25) is 24.3 Å². The molecule has 1 N–H and O–H groups in total. The quantitative estimate of drug-likeness (QED) is 0.0602. The van der Waals surface area contributed by atoms with Crippen molar-refractivity contribution in [2.24, 2.45) is 5.92 Å². The number of carbonyl (C=O) groups is 2. The number of nitrogens with one attached hydrogen (secondary N) is 1. The van der Waals surface area contributed by atoms with E-state index in [1.54, 1.807) is 31.2 Å². The molecule has 2 aliphatic rings. The number of quaternary nitrogens is 1. The third-order valence-electron chi connectivity index (χ3n) is 10.1. The Labute approximate surface area is 301 Å². The largest absolute Gasteiger partial charge is 0.538 e. The number of hydrogen-bond acceptors (Lipinski definition) is 11. The van der Waals surface area contributed by atoms with Crippen molar-refractivity contribution in [3.8, 4) is 17.2 Å². The van der Waals surface area contributed by atoms with Gasteiger partial charge in [0.05, 0.1) is 34.7 Å². The van der Waals surface area contributed by atoms with E-state index >= 15 is 0 Å². The fraction of sp³-hybridized carbons (Fsp3) is 0.472. The number of carbonyl (C=O) groups excluding carboxylic acids is 2. The van der Waals surface area contributed by atoms with E-state index < -0.39 is 57.5 Å². The molecule has 16 heteroatoms. The van der Waals surface area contributed by atoms with Crippen molar-refractivity contribution in [3.63, 3.8) is 0 Å². The molecule has 3 aromatic rings. The number of hydrogen-bond donors (Lipinski definition) is 1. The van der Waals surface area contributed by atoms with Gasteiger partial charge in [-0.2, -0.15) is 10.1 Å². The van der Waals surface area contributed by atoms with Gasteiger partial charge in [0.2, 0.25) is 0 Å². The van der Waals surface area contributed by atoms with E-state index in [2.05, 4.69) is 11.1 Å². The second-order valence-electron chi connectivity index (χ2n) is 14.1. The first-order valence-electron chi connectivity index (χ1n) is 17.0. The zero-order valence-electron chi connectivity index (χ0n) is 29.8. The monoisotopic (exact) mass is 735 g/mol.